The number of ether oxygens (including phenoxy) is 1. The van der Waals surface area contributed by atoms with E-state index in [-0.39, 0.29) is 11.9 Å². The zero-order valence-electron chi connectivity index (χ0n) is 13.0. The number of rotatable bonds is 4. The van der Waals surface area contributed by atoms with E-state index in [1.807, 2.05) is 6.07 Å². The molecule has 21 heavy (non-hydrogen) atoms. The zero-order chi connectivity index (χ0) is 15.4. The lowest BCUT2D eigenvalue weighted by molar-refractivity contribution is -0.147. The van der Waals surface area contributed by atoms with Crippen LogP contribution in [-0.2, 0) is 16.0 Å². The molecule has 1 saturated heterocycles. The molecular formula is C16H23NO3S. The van der Waals surface area contributed by atoms with Crippen LogP contribution < -0.4 is 0 Å². The number of esters is 1. The van der Waals surface area contributed by atoms with Crippen LogP contribution in [0.5, 0.6) is 0 Å². The maximum Gasteiger partial charge on any atom is 0.328 e. The van der Waals surface area contributed by atoms with Gasteiger partial charge in [0.1, 0.15) is 6.04 Å². The Hall–Kier alpha value is -1.36. The number of hydrogen-bond acceptors (Lipinski definition) is 4. The number of likely N-dealkylation sites (tertiary alicyclic amines) is 1. The molecule has 5 heteroatoms. The predicted octanol–water partition coefficient (Wildman–Crippen LogP) is 3.18. The zero-order valence-corrected chi connectivity index (χ0v) is 13.8. The largest absolute Gasteiger partial charge is 0.467 e. The molecule has 2 rings (SSSR count). The lowest BCUT2D eigenvalue weighted by Gasteiger charge is -2.33. The highest BCUT2D eigenvalue weighted by Gasteiger charge is 2.34. The number of amides is 1. The third-order valence-electron chi connectivity index (χ3n) is 3.99. The lowest BCUT2D eigenvalue weighted by Crippen LogP contribution is -2.48. The summed E-state index contributed by atoms with van der Waals surface area (Å²) in [6, 6.07) is 1.57. The minimum atomic E-state index is -0.423. The first-order chi connectivity index (χ1) is 10.1. The van der Waals surface area contributed by atoms with Gasteiger partial charge >= 0.3 is 5.97 Å². The van der Waals surface area contributed by atoms with E-state index in [1.54, 1.807) is 4.90 Å². The van der Waals surface area contributed by atoms with Crippen molar-refractivity contribution < 1.29 is 14.3 Å². The average Bonchev–Trinajstić information content (AvgIpc) is 2.87. The summed E-state index contributed by atoms with van der Waals surface area (Å²) in [6.45, 7) is 4.83. The van der Waals surface area contributed by atoms with Crippen LogP contribution in [0.4, 0.5) is 0 Å². The molecule has 0 radical (unpaired) electrons. The molecule has 0 bridgehead atoms. The number of piperidine rings is 1. The van der Waals surface area contributed by atoms with Gasteiger partial charge in [-0.15, -0.1) is 11.3 Å². The topological polar surface area (TPSA) is 46.6 Å². The minimum absolute atomic E-state index is 0.0273. The molecule has 1 aliphatic rings. The summed E-state index contributed by atoms with van der Waals surface area (Å²) < 4.78 is 4.84. The number of aryl methyl sites for hydroxylation is 2. The Morgan fingerprint density at radius 2 is 2.19 bits per heavy atom. The molecule has 1 aliphatic heterocycles. The Morgan fingerprint density at radius 3 is 2.86 bits per heavy atom. The van der Waals surface area contributed by atoms with E-state index in [4.69, 9.17) is 4.74 Å². The maximum absolute atomic E-state index is 12.7. The highest BCUT2D eigenvalue weighted by Crippen LogP contribution is 2.27. The number of nitrogens with zero attached hydrogens (tertiary/aromatic N) is 1. The summed E-state index contributed by atoms with van der Waals surface area (Å²) in [7, 11) is 1.38. The second-order valence-electron chi connectivity index (χ2n) is 5.48. The van der Waals surface area contributed by atoms with Crippen LogP contribution in [0.1, 0.15) is 52.7 Å². The van der Waals surface area contributed by atoms with E-state index < -0.39 is 6.04 Å². The highest BCUT2D eigenvalue weighted by atomic mass is 32.1. The molecule has 1 fully saturated rings. The minimum Gasteiger partial charge on any atom is -0.467 e. The fourth-order valence-electron chi connectivity index (χ4n) is 2.84. The number of thiophene rings is 1. The van der Waals surface area contributed by atoms with Crippen LogP contribution in [-0.4, -0.2) is 36.5 Å². The summed E-state index contributed by atoms with van der Waals surface area (Å²) in [6.07, 6.45) is 4.68. The molecular weight excluding hydrogens is 286 g/mol. The Bertz CT molecular complexity index is 524. The molecule has 0 spiro atoms. The van der Waals surface area contributed by atoms with Gasteiger partial charge in [-0.1, -0.05) is 13.3 Å². The van der Waals surface area contributed by atoms with Crippen molar-refractivity contribution in [2.75, 3.05) is 13.7 Å². The van der Waals surface area contributed by atoms with Gasteiger partial charge in [-0.05, 0) is 44.2 Å². The molecule has 0 aromatic carbocycles. The SMILES string of the molecule is CCCc1cc(C(=O)N2CCCC[C@@H]2C(=O)OC)sc1C. The molecule has 116 valence electrons. The molecule has 0 N–H and O–H groups in total. The fourth-order valence-corrected chi connectivity index (χ4v) is 3.87. The second kappa shape index (κ2) is 7.07. The van der Waals surface area contributed by atoms with Crippen molar-refractivity contribution in [2.45, 2.75) is 52.0 Å². The highest BCUT2D eigenvalue weighted by molar-refractivity contribution is 7.14. The van der Waals surface area contributed by atoms with Crippen LogP contribution in [0.15, 0.2) is 6.07 Å². The number of hydrogen-bond donors (Lipinski definition) is 0. The van der Waals surface area contributed by atoms with Gasteiger partial charge in [0, 0.05) is 11.4 Å². The van der Waals surface area contributed by atoms with E-state index in [1.165, 1.54) is 28.9 Å². The molecule has 1 aromatic heterocycles. The Labute approximate surface area is 130 Å². The molecule has 0 unspecified atom stereocenters. The van der Waals surface area contributed by atoms with Crippen molar-refractivity contribution >= 4 is 23.2 Å². The average molecular weight is 309 g/mol. The van der Waals surface area contributed by atoms with Gasteiger partial charge in [-0.2, -0.15) is 0 Å². The first kappa shape index (κ1) is 16.0. The first-order valence-electron chi connectivity index (χ1n) is 7.56. The number of methoxy groups -OCH3 is 1. The predicted molar refractivity (Wildman–Crippen MR) is 83.7 cm³/mol. The van der Waals surface area contributed by atoms with Crippen molar-refractivity contribution in [3.63, 3.8) is 0 Å². The summed E-state index contributed by atoms with van der Waals surface area (Å²) >= 11 is 1.53. The van der Waals surface area contributed by atoms with Crippen LogP contribution in [0, 0.1) is 6.92 Å². The smallest absolute Gasteiger partial charge is 0.328 e. The van der Waals surface area contributed by atoms with Gasteiger partial charge in [-0.25, -0.2) is 4.79 Å². The molecule has 2 heterocycles. The molecule has 1 aromatic rings. The van der Waals surface area contributed by atoms with Crippen molar-refractivity contribution in [2.24, 2.45) is 0 Å². The van der Waals surface area contributed by atoms with Crippen molar-refractivity contribution in [1.29, 1.82) is 0 Å². The number of carbonyl (C=O) groups excluding carboxylic acids is 2. The van der Waals surface area contributed by atoms with Gasteiger partial charge in [0.25, 0.3) is 5.91 Å². The van der Waals surface area contributed by atoms with Crippen LogP contribution in [0.2, 0.25) is 0 Å². The Morgan fingerprint density at radius 1 is 1.43 bits per heavy atom. The standard InChI is InChI=1S/C16H23NO3S/c1-4-7-12-10-14(21-11(12)2)15(18)17-9-6-5-8-13(17)16(19)20-3/h10,13H,4-9H2,1-3H3/t13-/m1/s1. The van der Waals surface area contributed by atoms with Crippen LogP contribution in [0.3, 0.4) is 0 Å². The van der Waals surface area contributed by atoms with E-state index in [0.29, 0.717) is 13.0 Å². The van der Waals surface area contributed by atoms with Crippen molar-refractivity contribution in [1.82, 2.24) is 4.90 Å². The normalized spacial score (nSPS) is 18.6. The van der Waals surface area contributed by atoms with E-state index in [9.17, 15) is 9.59 Å². The molecule has 0 aliphatic carbocycles. The van der Waals surface area contributed by atoms with E-state index in [0.717, 1.165) is 30.6 Å². The maximum atomic E-state index is 12.7. The summed E-state index contributed by atoms with van der Waals surface area (Å²) in [5, 5.41) is 0. The molecule has 0 saturated carbocycles. The quantitative estimate of drug-likeness (QED) is 0.803. The van der Waals surface area contributed by atoms with E-state index >= 15 is 0 Å². The van der Waals surface area contributed by atoms with Crippen LogP contribution >= 0.6 is 11.3 Å². The van der Waals surface area contributed by atoms with Crippen LogP contribution in [0.25, 0.3) is 0 Å². The van der Waals surface area contributed by atoms with Crippen molar-refractivity contribution in [3.05, 3.63) is 21.4 Å². The fraction of sp³-hybridized carbons (Fsp3) is 0.625. The molecule has 4 nitrogen and oxygen atoms in total. The second-order valence-corrected chi connectivity index (χ2v) is 6.73. The summed E-state index contributed by atoms with van der Waals surface area (Å²) in [5.74, 6) is -0.328. The molecule has 1 amide bonds. The van der Waals surface area contributed by atoms with Gasteiger partial charge in [-0.3, -0.25) is 4.79 Å². The van der Waals surface area contributed by atoms with Gasteiger partial charge < -0.3 is 9.64 Å². The third kappa shape index (κ3) is 3.46. The lowest BCUT2D eigenvalue weighted by atomic mass is 10.0. The third-order valence-corrected chi connectivity index (χ3v) is 5.07. The van der Waals surface area contributed by atoms with Gasteiger partial charge in [0.15, 0.2) is 0 Å². The summed E-state index contributed by atoms with van der Waals surface area (Å²) in [5.41, 5.74) is 1.25. The first-order valence-corrected chi connectivity index (χ1v) is 8.38. The Kier molecular flexibility index (Phi) is 5.39. The van der Waals surface area contributed by atoms with Gasteiger partial charge in [0.2, 0.25) is 0 Å². The Balaban J connectivity index is 2.20. The van der Waals surface area contributed by atoms with Gasteiger partial charge in [0.05, 0.1) is 12.0 Å². The summed E-state index contributed by atoms with van der Waals surface area (Å²) in [4.78, 5) is 28.2. The van der Waals surface area contributed by atoms with Crippen molar-refractivity contribution in [3.8, 4) is 0 Å². The number of carbonyl (C=O) groups is 2. The molecule has 1 atom stereocenters. The monoisotopic (exact) mass is 309 g/mol. The van der Waals surface area contributed by atoms with E-state index in [2.05, 4.69) is 13.8 Å².